The minimum atomic E-state index is 0.0896. The average Bonchev–Trinajstić information content (AvgIpc) is 2.68. The summed E-state index contributed by atoms with van der Waals surface area (Å²) in [6.45, 7) is 3.39. The molecule has 86 valence electrons. The van der Waals surface area contributed by atoms with E-state index in [4.69, 9.17) is 5.73 Å². The van der Waals surface area contributed by atoms with Crippen LogP contribution < -0.4 is 5.73 Å². The number of nitrogens with two attached hydrogens (primary N) is 1. The molecule has 16 heavy (non-hydrogen) atoms. The van der Waals surface area contributed by atoms with Crippen molar-refractivity contribution in [1.82, 2.24) is 4.90 Å². The topological polar surface area (TPSA) is 46.3 Å². The van der Waals surface area contributed by atoms with Crippen molar-refractivity contribution in [1.29, 1.82) is 0 Å². The first-order valence-corrected chi connectivity index (χ1v) is 6.19. The van der Waals surface area contributed by atoms with Gasteiger partial charge < -0.3 is 10.6 Å². The Labute approximate surface area is 104 Å². The molecule has 1 aliphatic rings. The minimum Gasteiger partial charge on any atom is -0.337 e. The van der Waals surface area contributed by atoms with Crippen molar-refractivity contribution in [2.45, 2.75) is 19.4 Å². The molecule has 0 saturated carbocycles. The standard InChI is InChI=1S/C12H15BrN2O/c1-8-10(3-2-4-11(8)13)12(16)15-6-5-9(14)7-15/h2-4,9H,5-7,14H2,1H3/t9-/m0/s1. The highest BCUT2D eigenvalue weighted by atomic mass is 79.9. The number of amides is 1. The van der Waals surface area contributed by atoms with Gasteiger partial charge in [-0.25, -0.2) is 0 Å². The van der Waals surface area contributed by atoms with Gasteiger partial charge in [0.15, 0.2) is 0 Å². The molecule has 1 aromatic rings. The molecule has 0 bridgehead atoms. The predicted octanol–water partition coefficient (Wildman–Crippen LogP) is 1.93. The van der Waals surface area contributed by atoms with E-state index in [0.717, 1.165) is 28.6 Å². The van der Waals surface area contributed by atoms with Crippen LogP contribution in [0.5, 0.6) is 0 Å². The lowest BCUT2D eigenvalue weighted by Gasteiger charge is -2.17. The molecule has 3 nitrogen and oxygen atoms in total. The Bertz CT molecular complexity index is 419. The number of rotatable bonds is 1. The predicted molar refractivity (Wildman–Crippen MR) is 67.4 cm³/mol. The summed E-state index contributed by atoms with van der Waals surface area (Å²) in [5.41, 5.74) is 7.57. The molecule has 0 spiro atoms. The van der Waals surface area contributed by atoms with Crippen molar-refractivity contribution < 1.29 is 4.79 Å². The molecule has 0 aliphatic carbocycles. The second kappa shape index (κ2) is 4.55. The quantitative estimate of drug-likeness (QED) is 0.856. The van der Waals surface area contributed by atoms with Gasteiger partial charge in [0.05, 0.1) is 0 Å². The maximum Gasteiger partial charge on any atom is 0.254 e. The Morgan fingerprint density at radius 2 is 2.31 bits per heavy atom. The molecule has 0 radical (unpaired) electrons. The smallest absolute Gasteiger partial charge is 0.254 e. The zero-order valence-electron chi connectivity index (χ0n) is 9.24. The molecule has 1 amide bonds. The average molecular weight is 283 g/mol. The third-order valence-corrected chi connectivity index (χ3v) is 3.87. The molecule has 2 rings (SSSR count). The molecule has 1 heterocycles. The van der Waals surface area contributed by atoms with Gasteiger partial charge in [-0.1, -0.05) is 22.0 Å². The van der Waals surface area contributed by atoms with E-state index in [0.29, 0.717) is 6.54 Å². The van der Waals surface area contributed by atoms with Crippen LogP contribution in [-0.2, 0) is 0 Å². The van der Waals surface area contributed by atoms with Crippen molar-refractivity contribution in [3.63, 3.8) is 0 Å². The van der Waals surface area contributed by atoms with Crippen LogP contribution in [0.15, 0.2) is 22.7 Å². The Morgan fingerprint density at radius 3 is 2.94 bits per heavy atom. The highest BCUT2D eigenvalue weighted by Crippen LogP contribution is 2.22. The first-order valence-electron chi connectivity index (χ1n) is 5.39. The van der Waals surface area contributed by atoms with Crippen LogP contribution in [0.2, 0.25) is 0 Å². The molecule has 2 N–H and O–H groups in total. The number of halogens is 1. The zero-order valence-corrected chi connectivity index (χ0v) is 10.8. The first-order chi connectivity index (χ1) is 7.59. The van der Waals surface area contributed by atoms with Gasteiger partial charge >= 0.3 is 0 Å². The van der Waals surface area contributed by atoms with Gasteiger partial charge in [0, 0.05) is 29.2 Å². The van der Waals surface area contributed by atoms with Crippen molar-refractivity contribution in [3.05, 3.63) is 33.8 Å². The molecule has 1 aliphatic heterocycles. The molecule has 1 atom stereocenters. The maximum atomic E-state index is 12.2. The number of carbonyl (C=O) groups excluding carboxylic acids is 1. The van der Waals surface area contributed by atoms with Crippen molar-refractivity contribution in [2.75, 3.05) is 13.1 Å². The third-order valence-electron chi connectivity index (χ3n) is 3.01. The Hall–Kier alpha value is -0.870. The molecular weight excluding hydrogens is 268 g/mol. The van der Waals surface area contributed by atoms with E-state index in [1.165, 1.54) is 0 Å². The third kappa shape index (κ3) is 2.13. The summed E-state index contributed by atoms with van der Waals surface area (Å²) in [4.78, 5) is 14.0. The fourth-order valence-electron chi connectivity index (χ4n) is 1.98. The van der Waals surface area contributed by atoms with Crippen LogP contribution in [0.3, 0.4) is 0 Å². The number of carbonyl (C=O) groups is 1. The number of hydrogen-bond acceptors (Lipinski definition) is 2. The lowest BCUT2D eigenvalue weighted by molar-refractivity contribution is 0.0790. The SMILES string of the molecule is Cc1c(Br)cccc1C(=O)N1CC[C@H](N)C1. The van der Waals surface area contributed by atoms with Crippen LogP contribution in [-0.4, -0.2) is 29.9 Å². The van der Waals surface area contributed by atoms with Crippen LogP contribution in [0.4, 0.5) is 0 Å². The van der Waals surface area contributed by atoms with Gasteiger partial charge in [0.25, 0.3) is 5.91 Å². The van der Waals surface area contributed by atoms with E-state index >= 15 is 0 Å². The van der Waals surface area contributed by atoms with Crippen LogP contribution >= 0.6 is 15.9 Å². The summed E-state index contributed by atoms with van der Waals surface area (Å²) in [5, 5.41) is 0. The van der Waals surface area contributed by atoms with Crippen LogP contribution in [0, 0.1) is 6.92 Å². The van der Waals surface area contributed by atoms with Crippen LogP contribution in [0.25, 0.3) is 0 Å². The Morgan fingerprint density at radius 1 is 1.56 bits per heavy atom. The first kappa shape index (κ1) is 11.6. The number of benzene rings is 1. The fraction of sp³-hybridized carbons (Fsp3) is 0.417. The molecular formula is C12H15BrN2O. The normalized spacial score (nSPS) is 20.2. The summed E-state index contributed by atoms with van der Waals surface area (Å²) < 4.78 is 0.974. The monoisotopic (exact) mass is 282 g/mol. The van der Waals surface area contributed by atoms with Crippen molar-refractivity contribution in [3.8, 4) is 0 Å². The summed E-state index contributed by atoms with van der Waals surface area (Å²) in [6, 6.07) is 5.84. The minimum absolute atomic E-state index is 0.0896. The number of likely N-dealkylation sites (tertiary alicyclic amines) is 1. The van der Waals surface area contributed by atoms with Gasteiger partial charge in [0.1, 0.15) is 0 Å². The molecule has 4 heteroatoms. The molecule has 1 aromatic carbocycles. The van der Waals surface area contributed by atoms with Crippen LogP contribution in [0.1, 0.15) is 22.3 Å². The summed E-state index contributed by atoms with van der Waals surface area (Å²) in [5.74, 6) is 0.0896. The van der Waals surface area contributed by atoms with Gasteiger partial charge in [-0.2, -0.15) is 0 Å². The zero-order chi connectivity index (χ0) is 11.7. The second-order valence-corrected chi connectivity index (χ2v) is 5.07. The van der Waals surface area contributed by atoms with E-state index < -0.39 is 0 Å². The largest absolute Gasteiger partial charge is 0.337 e. The number of nitrogens with zero attached hydrogens (tertiary/aromatic N) is 1. The molecule has 0 aromatic heterocycles. The lowest BCUT2D eigenvalue weighted by atomic mass is 10.1. The number of hydrogen-bond donors (Lipinski definition) is 1. The van der Waals surface area contributed by atoms with E-state index in [-0.39, 0.29) is 11.9 Å². The van der Waals surface area contributed by atoms with E-state index in [1.54, 1.807) is 0 Å². The highest BCUT2D eigenvalue weighted by molar-refractivity contribution is 9.10. The highest BCUT2D eigenvalue weighted by Gasteiger charge is 2.25. The fourth-order valence-corrected chi connectivity index (χ4v) is 2.35. The maximum absolute atomic E-state index is 12.2. The van der Waals surface area contributed by atoms with Crippen molar-refractivity contribution >= 4 is 21.8 Å². The summed E-state index contributed by atoms with van der Waals surface area (Å²) in [6.07, 6.45) is 0.902. The molecule has 1 fully saturated rings. The van der Waals surface area contributed by atoms with Gasteiger partial charge in [-0.3, -0.25) is 4.79 Å². The molecule has 1 saturated heterocycles. The van der Waals surface area contributed by atoms with E-state index in [9.17, 15) is 4.79 Å². The Kier molecular flexibility index (Phi) is 3.30. The summed E-state index contributed by atoms with van der Waals surface area (Å²) >= 11 is 3.44. The van der Waals surface area contributed by atoms with E-state index in [1.807, 2.05) is 30.0 Å². The van der Waals surface area contributed by atoms with Gasteiger partial charge in [0.2, 0.25) is 0 Å². The Balaban J connectivity index is 2.24. The van der Waals surface area contributed by atoms with Crippen molar-refractivity contribution in [2.24, 2.45) is 5.73 Å². The van der Waals surface area contributed by atoms with Gasteiger partial charge in [-0.05, 0) is 31.0 Å². The lowest BCUT2D eigenvalue weighted by Crippen LogP contribution is -2.32. The summed E-state index contributed by atoms with van der Waals surface area (Å²) in [7, 11) is 0. The van der Waals surface area contributed by atoms with E-state index in [2.05, 4.69) is 15.9 Å². The van der Waals surface area contributed by atoms with Gasteiger partial charge in [-0.15, -0.1) is 0 Å². The second-order valence-electron chi connectivity index (χ2n) is 4.21. The molecule has 0 unspecified atom stereocenters.